The topological polar surface area (TPSA) is 161 Å². The number of ether oxygens (including phenoxy) is 1. The first kappa shape index (κ1) is 27.1. The lowest BCUT2D eigenvalue weighted by atomic mass is 10.0. The Morgan fingerprint density at radius 2 is 1.74 bits per heavy atom. The molecule has 3 aromatic carbocycles. The number of primary amides is 1. The van der Waals surface area contributed by atoms with Crippen molar-refractivity contribution in [3.05, 3.63) is 100 Å². The van der Waals surface area contributed by atoms with Gasteiger partial charge in [-0.2, -0.15) is 4.37 Å². The molecule has 0 aliphatic heterocycles. The molecular formula is C27H24FN5O5S. The van der Waals surface area contributed by atoms with Crippen molar-refractivity contribution in [3.63, 3.8) is 0 Å². The van der Waals surface area contributed by atoms with Gasteiger partial charge in [-0.15, -0.1) is 0 Å². The van der Waals surface area contributed by atoms with Gasteiger partial charge < -0.3 is 26.6 Å². The largest absolute Gasteiger partial charge is 0.508 e. The van der Waals surface area contributed by atoms with E-state index in [4.69, 9.17) is 16.2 Å². The van der Waals surface area contributed by atoms with Crippen LogP contribution in [0.2, 0.25) is 0 Å². The summed E-state index contributed by atoms with van der Waals surface area (Å²) in [5.41, 5.74) is 11.5. The molecule has 1 atom stereocenters. The van der Waals surface area contributed by atoms with Crippen LogP contribution in [-0.4, -0.2) is 34.3 Å². The highest BCUT2D eigenvalue weighted by Gasteiger charge is 2.37. The Labute approximate surface area is 226 Å². The molecule has 0 fully saturated rings. The van der Waals surface area contributed by atoms with Gasteiger partial charge in [0.15, 0.2) is 5.69 Å². The minimum Gasteiger partial charge on any atom is -0.508 e. The molecular weight excluding hydrogens is 525 g/mol. The summed E-state index contributed by atoms with van der Waals surface area (Å²) in [6.45, 7) is 0.0885. The number of carbonyl (C=O) groups excluding carboxylic acids is 3. The molecule has 0 saturated carbocycles. The summed E-state index contributed by atoms with van der Waals surface area (Å²) in [4.78, 5) is 40.2. The van der Waals surface area contributed by atoms with Crippen LogP contribution in [0.4, 0.5) is 15.8 Å². The summed E-state index contributed by atoms with van der Waals surface area (Å²) in [7, 11) is 1.54. The zero-order valence-corrected chi connectivity index (χ0v) is 21.4. The van der Waals surface area contributed by atoms with E-state index in [2.05, 4.69) is 9.69 Å². The standard InChI is InChI=1S/C27H24FN5O5S/c1-38-18-12-6-15(7-13-18)14-31-26(36)23(16-8-10-17(34)11-9-16)33(20-5-3-2-4-19(20)28)27(37)24-21(29)22(25(30)35)32-39-24/h2-13,23,34H,14,29H2,1H3,(H2,30,35)(H,31,36). The summed E-state index contributed by atoms with van der Waals surface area (Å²) >= 11 is 0.609. The molecule has 0 saturated heterocycles. The highest BCUT2D eigenvalue weighted by atomic mass is 32.1. The lowest BCUT2D eigenvalue weighted by Crippen LogP contribution is -2.44. The molecule has 6 N–H and O–H groups in total. The number of nitrogens with two attached hydrogens (primary N) is 2. The number of benzene rings is 3. The van der Waals surface area contributed by atoms with Crippen LogP contribution in [0.5, 0.6) is 11.5 Å². The number of hydrogen-bond donors (Lipinski definition) is 4. The average molecular weight is 550 g/mol. The van der Waals surface area contributed by atoms with Gasteiger partial charge in [-0.3, -0.25) is 19.3 Å². The number of phenols is 1. The lowest BCUT2D eigenvalue weighted by Gasteiger charge is -2.31. The van der Waals surface area contributed by atoms with E-state index in [1.165, 1.54) is 49.6 Å². The first-order valence-electron chi connectivity index (χ1n) is 11.5. The number of nitrogen functional groups attached to an aromatic ring is 1. The molecule has 0 bridgehead atoms. The third kappa shape index (κ3) is 5.80. The van der Waals surface area contributed by atoms with Gasteiger partial charge in [0.25, 0.3) is 11.8 Å². The van der Waals surface area contributed by atoms with Crippen LogP contribution in [0.1, 0.15) is 37.3 Å². The van der Waals surface area contributed by atoms with Crippen molar-refractivity contribution in [2.24, 2.45) is 5.73 Å². The van der Waals surface area contributed by atoms with Gasteiger partial charge in [0, 0.05) is 6.54 Å². The predicted molar refractivity (Wildman–Crippen MR) is 144 cm³/mol. The molecule has 1 aromatic heterocycles. The minimum absolute atomic E-state index is 0.0716. The van der Waals surface area contributed by atoms with E-state index in [1.807, 2.05) is 0 Å². The number of phenolic OH excluding ortho intramolecular Hbond substituents is 1. The second-order valence-electron chi connectivity index (χ2n) is 8.32. The maximum atomic E-state index is 15.2. The maximum absolute atomic E-state index is 15.2. The van der Waals surface area contributed by atoms with Gasteiger partial charge in [0.05, 0.1) is 18.5 Å². The van der Waals surface area contributed by atoms with Crippen LogP contribution < -0.4 is 26.4 Å². The average Bonchev–Trinajstić information content (AvgIpc) is 3.33. The van der Waals surface area contributed by atoms with Crippen molar-refractivity contribution in [2.45, 2.75) is 12.6 Å². The van der Waals surface area contributed by atoms with Crippen molar-refractivity contribution in [1.29, 1.82) is 0 Å². The fourth-order valence-corrected chi connectivity index (χ4v) is 4.60. The highest BCUT2D eigenvalue weighted by Crippen LogP contribution is 2.35. The molecule has 0 aliphatic rings. The summed E-state index contributed by atoms with van der Waals surface area (Å²) in [6.07, 6.45) is 0. The summed E-state index contributed by atoms with van der Waals surface area (Å²) < 4.78 is 24.2. The van der Waals surface area contributed by atoms with Crippen LogP contribution >= 0.6 is 11.5 Å². The first-order valence-corrected chi connectivity index (χ1v) is 12.3. The zero-order chi connectivity index (χ0) is 28.1. The minimum atomic E-state index is -1.41. The van der Waals surface area contributed by atoms with Crippen LogP contribution in [-0.2, 0) is 11.3 Å². The maximum Gasteiger partial charge on any atom is 0.273 e. The molecule has 0 radical (unpaired) electrons. The number of para-hydroxylation sites is 1. The van der Waals surface area contributed by atoms with Crippen LogP contribution in [0.3, 0.4) is 0 Å². The number of carbonyl (C=O) groups is 3. The van der Waals surface area contributed by atoms with Gasteiger partial charge in [-0.1, -0.05) is 36.4 Å². The first-order chi connectivity index (χ1) is 18.7. The number of methoxy groups -OCH3 is 1. The fourth-order valence-electron chi connectivity index (χ4n) is 3.85. The number of aromatic nitrogens is 1. The van der Waals surface area contributed by atoms with E-state index in [9.17, 15) is 19.5 Å². The van der Waals surface area contributed by atoms with Crippen molar-refractivity contribution in [1.82, 2.24) is 9.69 Å². The summed E-state index contributed by atoms with van der Waals surface area (Å²) in [5, 5.41) is 12.6. The van der Waals surface area contributed by atoms with Gasteiger partial charge in [0.2, 0.25) is 5.91 Å². The normalized spacial score (nSPS) is 11.4. The Bertz CT molecular complexity index is 1510. The van der Waals surface area contributed by atoms with E-state index < -0.39 is 29.6 Å². The molecule has 10 nitrogen and oxygen atoms in total. The number of nitrogens with one attached hydrogen (secondary N) is 1. The summed E-state index contributed by atoms with van der Waals surface area (Å²) in [6, 6.07) is 16.6. The molecule has 12 heteroatoms. The molecule has 200 valence electrons. The second kappa shape index (κ2) is 11.6. The van der Waals surface area contributed by atoms with Gasteiger partial charge in [-0.25, -0.2) is 4.39 Å². The molecule has 4 rings (SSSR count). The van der Waals surface area contributed by atoms with E-state index in [0.29, 0.717) is 17.3 Å². The Hall–Kier alpha value is -4.97. The van der Waals surface area contributed by atoms with Crippen molar-refractivity contribution >= 4 is 40.6 Å². The van der Waals surface area contributed by atoms with E-state index in [-0.39, 0.29) is 39.8 Å². The number of hydrogen-bond acceptors (Lipinski definition) is 8. The van der Waals surface area contributed by atoms with Crippen molar-refractivity contribution in [2.75, 3.05) is 17.7 Å². The van der Waals surface area contributed by atoms with E-state index in [1.54, 1.807) is 24.3 Å². The predicted octanol–water partition coefficient (Wildman–Crippen LogP) is 3.38. The highest BCUT2D eigenvalue weighted by molar-refractivity contribution is 7.09. The Kier molecular flexibility index (Phi) is 8.06. The van der Waals surface area contributed by atoms with Gasteiger partial charge >= 0.3 is 0 Å². The number of rotatable bonds is 9. The third-order valence-electron chi connectivity index (χ3n) is 5.83. The van der Waals surface area contributed by atoms with Crippen molar-refractivity contribution in [3.8, 4) is 11.5 Å². The Morgan fingerprint density at radius 1 is 1.08 bits per heavy atom. The Morgan fingerprint density at radius 3 is 2.33 bits per heavy atom. The molecule has 4 aromatic rings. The van der Waals surface area contributed by atoms with Crippen LogP contribution in [0.15, 0.2) is 72.8 Å². The molecule has 3 amide bonds. The second-order valence-corrected chi connectivity index (χ2v) is 9.10. The van der Waals surface area contributed by atoms with E-state index >= 15 is 4.39 Å². The smallest absolute Gasteiger partial charge is 0.273 e. The number of amides is 3. The molecule has 39 heavy (non-hydrogen) atoms. The van der Waals surface area contributed by atoms with Crippen LogP contribution in [0.25, 0.3) is 0 Å². The summed E-state index contributed by atoms with van der Waals surface area (Å²) in [5.74, 6) is -2.67. The molecule has 1 heterocycles. The van der Waals surface area contributed by atoms with E-state index in [0.717, 1.165) is 16.5 Å². The molecule has 0 aliphatic carbocycles. The zero-order valence-electron chi connectivity index (χ0n) is 20.6. The number of anilines is 2. The fraction of sp³-hybridized carbons (Fsp3) is 0.111. The van der Waals surface area contributed by atoms with Crippen molar-refractivity contribution < 1.29 is 28.6 Å². The molecule has 1 unspecified atom stereocenters. The SMILES string of the molecule is COc1ccc(CNC(=O)C(c2ccc(O)cc2)N(C(=O)c2snc(C(N)=O)c2N)c2ccccc2F)cc1. The number of halogens is 1. The Balaban J connectivity index is 1.80. The quantitative estimate of drug-likeness (QED) is 0.249. The van der Waals surface area contributed by atoms with Gasteiger partial charge in [-0.05, 0) is 59.1 Å². The third-order valence-corrected chi connectivity index (χ3v) is 6.68. The van der Waals surface area contributed by atoms with Crippen LogP contribution in [0, 0.1) is 5.82 Å². The lowest BCUT2D eigenvalue weighted by molar-refractivity contribution is -0.122. The number of aromatic hydroxyl groups is 1. The number of nitrogens with zero attached hydrogens (tertiary/aromatic N) is 2. The monoisotopic (exact) mass is 549 g/mol. The molecule has 0 spiro atoms. The van der Waals surface area contributed by atoms with Gasteiger partial charge in [0.1, 0.15) is 28.2 Å².